The highest BCUT2D eigenvalue weighted by Gasteiger charge is 2.23. The number of aryl methyl sites for hydroxylation is 1. The van der Waals surface area contributed by atoms with Gasteiger partial charge >= 0.3 is 6.03 Å². The lowest BCUT2D eigenvalue weighted by Crippen LogP contribution is -2.52. The second-order valence-corrected chi connectivity index (χ2v) is 8.83. The summed E-state index contributed by atoms with van der Waals surface area (Å²) >= 11 is 7.58. The molecule has 158 valence electrons. The van der Waals surface area contributed by atoms with Crippen molar-refractivity contribution in [1.29, 1.82) is 5.26 Å². The third kappa shape index (κ3) is 4.85. The minimum Gasteiger partial charge on any atom is -0.322 e. The first-order chi connectivity index (χ1) is 14.9. The van der Waals surface area contributed by atoms with Gasteiger partial charge in [-0.2, -0.15) is 5.26 Å². The lowest BCUT2D eigenvalue weighted by Gasteiger charge is -2.31. The zero-order valence-corrected chi connectivity index (χ0v) is 18.7. The number of piperazine rings is 1. The van der Waals surface area contributed by atoms with E-state index in [1.54, 1.807) is 23.1 Å². The number of anilines is 1. The number of urea groups is 1. The van der Waals surface area contributed by atoms with Crippen LogP contribution in [-0.2, 0) is 0 Å². The number of halogens is 1. The normalized spacial score (nSPS) is 16.1. The number of carbonyl (C=O) groups is 1. The Bertz CT molecular complexity index is 1150. The van der Waals surface area contributed by atoms with Crippen molar-refractivity contribution in [2.75, 3.05) is 25.0 Å². The van der Waals surface area contributed by atoms with Crippen LogP contribution in [0.4, 0.5) is 9.93 Å². The Morgan fingerprint density at radius 3 is 2.90 bits per heavy atom. The number of aromatic nitrogens is 2. The van der Waals surface area contributed by atoms with Crippen LogP contribution in [0.2, 0.25) is 5.15 Å². The van der Waals surface area contributed by atoms with Crippen LogP contribution >= 0.6 is 22.9 Å². The molecule has 4 rings (SSSR count). The highest BCUT2D eigenvalue weighted by atomic mass is 35.5. The summed E-state index contributed by atoms with van der Waals surface area (Å²) in [6, 6.07) is 13.2. The Morgan fingerprint density at radius 1 is 1.32 bits per heavy atom. The number of hydrogen-bond donors (Lipinski definition) is 2. The van der Waals surface area contributed by atoms with Crippen LogP contribution in [0.5, 0.6) is 0 Å². The molecule has 0 radical (unpaired) electrons. The van der Waals surface area contributed by atoms with Crippen LogP contribution in [-0.4, -0.2) is 46.6 Å². The molecule has 1 aliphatic heterocycles. The van der Waals surface area contributed by atoms with Gasteiger partial charge in [0.2, 0.25) is 0 Å². The molecule has 3 heterocycles. The molecule has 3 aromatic rings. The Kier molecular flexibility index (Phi) is 6.18. The van der Waals surface area contributed by atoms with E-state index in [4.69, 9.17) is 16.6 Å². The maximum absolute atomic E-state index is 12.8. The molecule has 2 amide bonds. The standard InChI is InChI=1S/C22H21ClN6OS/c1-13-8-17(10-18(23)26-13)20-19(16-5-3-4-15(9-16)11-24)27-21(31-20)28-22(30)29-7-6-25-14(2)12-29/h3-5,8-10,14,25H,6-7,12H2,1-2H3,(H,27,28,30)/t14-/m0/s1. The van der Waals surface area contributed by atoms with Crippen molar-refractivity contribution in [2.24, 2.45) is 0 Å². The fourth-order valence-electron chi connectivity index (χ4n) is 3.55. The number of amides is 2. The summed E-state index contributed by atoms with van der Waals surface area (Å²) in [4.78, 5) is 24.4. The summed E-state index contributed by atoms with van der Waals surface area (Å²) in [6.07, 6.45) is 0. The average molecular weight is 453 g/mol. The van der Waals surface area contributed by atoms with E-state index in [1.165, 1.54) is 11.3 Å². The first kappa shape index (κ1) is 21.2. The highest BCUT2D eigenvalue weighted by Crippen LogP contribution is 2.40. The van der Waals surface area contributed by atoms with E-state index >= 15 is 0 Å². The van der Waals surface area contributed by atoms with E-state index in [2.05, 4.69) is 28.6 Å². The van der Waals surface area contributed by atoms with E-state index < -0.39 is 0 Å². The third-order valence-corrected chi connectivity index (χ3v) is 6.16. The second kappa shape index (κ2) is 9.02. The van der Waals surface area contributed by atoms with Gasteiger partial charge in [0.25, 0.3) is 0 Å². The van der Waals surface area contributed by atoms with Crippen molar-refractivity contribution in [3.63, 3.8) is 0 Å². The summed E-state index contributed by atoms with van der Waals surface area (Å²) in [6.45, 7) is 5.97. The number of benzene rings is 1. The van der Waals surface area contributed by atoms with E-state index in [9.17, 15) is 10.1 Å². The van der Waals surface area contributed by atoms with Crippen LogP contribution in [0.25, 0.3) is 21.7 Å². The van der Waals surface area contributed by atoms with Gasteiger partial charge in [-0.3, -0.25) is 5.32 Å². The first-order valence-electron chi connectivity index (χ1n) is 9.88. The SMILES string of the molecule is Cc1cc(-c2sc(NC(=O)N3CCN[C@@H](C)C3)nc2-c2cccc(C#N)c2)cc(Cl)n1. The maximum atomic E-state index is 12.8. The molecular weight excluding hydrogens is 432 g/mol. The Hall–Kier alpha value is -2.99. The van der Waals surface area contributed by atoms with Crippen molar-refractivity contribution >= 4 is 34.1 Å². The van der Waals surface area contributed by atoms with Gasteiger partial charge in [-0.1, -0.05) is 35.1 Å². The first-order valence-corrected chi connectivity index (χ1v) is 11.1. The fourth-order valence-corrected chi connectivity index (χ4v) is 4.76. The zero-order valence-electron chi connectivity index (χ0n) is 17.1. The Balaban J connectivity index is 1.73. The van der Waals surface area contributed by atoms with Gasteiger partial charge in [-0.25, -0.2) is 14.8 Å². The van der Waals surface area contributed by atoms with Crippen LogP contribution in [0.3, 0.4) is 0 Å². The molecule has 31 heavy (non-hydrogen) atoms. The molecule has 9 heteroatoms. The molecular formula is C22H21ClN6OS. The predicted molar refractivity (Wildman–Crippen MR) is 123 cm³/mol. The van der Waals surface area contributed by atoms with Crippen LogP contribution in [0.15, 0.2) is 36.4 Å². The predicted octanol–water partition coefficient (Wildman–Crippen LogP) is 4.53. The number of nitrogens with zero attached hydrogens (tertiary/aromatic N) is 4. The molecule has 2 N–H and O–H groups in total. The maximum Gasteiger partial charge on any atom is 0.323 e. The minimum absolute atomic E-state index is 0.171. The number of hydrogen-bond acceptors (Lipinski definition) is 6. The van der Waals surface area contributed by atoms with Gasteiger partial charge in [0.1, 0.15) is 5.15 Å². The number of rotatable bonds is 3. The molecule has 0 unspecified atom stereocenters. The van der Waals surface area contributed by atoms with Crippen LogP contribution < -0.4 is 10.6 Å². The van der Waals surface area contributed by atoms with Crippen LogP contribution in [0, 0.1) is 18.3 Å². The molecule has 7 nitrogen and oxygen atoms in total. The van der Waals surface area contributed by atoms with Crippen molar-refractivity contribution < 1.29 is 4.79 Å². The summed E-state index contributed by atoms with van der Waals surface area (Å²) in [5, 5.41) is 16.5. The number of pyridine rings is 1. The number of carbonyl (C=O) groups excluding carboxylic acids is 1. The molecule has 1 aromatic carbocycles. The highest BCUT2D eigenvalue weighted by molar-refractivity contribution is 7.19. The second-order valence-electron chi connectivity index (χ2n) is 7.44. The molecule has 1 aliphatic rings. The molecule has 0 aliphatic carbocycles. The van der Waals surface area contributed by atoms with E-state index in [1.807, 2.05) is 25.1 Å². The molecule has 1 atom stereocenters. The van der Waals surface area contributed by atoms with E-state index in [0.717, 1.165) is 28.2 Å². The monoisotopic (exact) mass is 452 g/mol. The lowest BCUT2D eigenvalue weighted by atomic mass is 10.1. The Morgan fingerprint density at radius 2 is 2.16 bits per heavy atom. The number of nitrogens with one attached hydrogen (secondary N) is 2. The van der Waals surface area contributed by atoms with Crippen molar-refractivity contribution in [1.82, 2.24) is 20.2 Å². The van der Waals surface area contributed by atoms with Crippen molar-refractivity contribution in [3.05, 3.63) is 52.8 Å². The number of nitriles is 1. The van der Waals surface area contributed by atoms with Gasteiger partial charge in [0.05, 0.1) is 22.2 Å². The number of thiazole rings is 1. The molecule has 2 aromatic heterocycles. The van der Waals surface area contributed by atoms with Gasteiger partial charge in [0.15, 0.2) is 5.13 Å². The summed E-state index contributed by atoms with van der Waals surface area (Å²) < 4.78 is 0. The van der Waals surface area contributed by atoms with Crippen molar-refractivity contribution in [3.8, 4) is 27.8 Å². The van der Waals surface area contributed by atoms with Gasteiger partial charge in [-0.05, 0) is 43.7 Å². The summed E-state index contributed by atoms with van der Waals surface area (Å²) in [5.41, 5.74) is 3.68. The minimum atomic E-state index is -0.171. The van der Waals surface area contributed by atoms with E-state index in [-0.39, 0.29) is 12.1 Å². The summed E-state index contributed by atoms with van der Waals surface area (Å²) in [5.74, 6) is 0. The third-order valence-electron chi connectivity index (χ3n) is 4.95. The van der Waals surface area contributed by atoms with Crippen LogP contribution in [0.1, 0.15) is 18.2 Å². The van der Waals surface area contributed by atoms with Crippen molar-refractivity contribution in [2.45, 2.75) is 19.9 Å². The zero-order chi connectivity index (χ0) is 22.0. The van der Waals surface area contributed by atoms with Gasteiger partial charge in [-0.15, -0.1) is 0 Å². The average Bonchev–Trinajstić information content (AvgIpc) is 3.17. The smallest absolute Gasteiger partial charge is 0.322 e. The van der Waals surface area contributed by atoms with Gasteiger partial charge < -0.3 is 10.2 Å². The lowest BCUT2D eigenvalue weighted by molar-refractivity contribution is 0.192. The molecule has 0 spiro atoms. The molecule has 1 fully saturated rings. The quantitative estimate of drug-likeness (QED) is 0.569. The van der Waals surface area contributed by atoms with Gasteiger partial charge in [0, 0.05) is 36.9 Å². The molecule has 0 saturated carbocycles. The molecule has 0 bridgehead atoms. The fraction of sp³-hybridized carbons (Fsp3) is 0.273. The topological polar surface area (TPSA) is 93.9 Å². The van der Waals surface area contributed by atoms with E-state index in [0.29, 0.717) is 34.6 Å². The molecule has 1 saturated heterocycles. The summed E-state index contributed by atoms with van der Waals surface area (Å²) in [7, 11) is 0. The Labute approximate surface area is 189 Å². The largest absolute Gasteiger partial charge is 0.323 e.